The molecule has 1 aliphatic heterocycles. The maximum atomic E-state index is 14.3. The van der Waals surface area contributed by atoms with E-state index in [2.05, 4.69) is 0 Å². The molecule has 2 aromatic carbocycles. The third-order valence-electron chi connectivity index (χ3n) is 8.50. The lowest BCUT2D eigenvalue weighted by Crippen LogP contribution is -2.56. The van der Waals surface area contributed by atoms with Crippen LogP contribution in [0.3, 0.4) is 0 Å². The van der Waals surface area contributed by atoms with Crippen molar-refractivity contribution >= 4 is 45.1 Å². The number of carboxylic acids is 1. The van der Waals surface area contributed by atoms with Gasteiger partial charge in [-0.3, -0.25) is 9.59 Å². The molecule has 2 aliphatic carbocycles. The van der Waals surface area contributed by atoms with Crippen LogP contribution in [-0.2, 0) is 19.6 Å². The first-order chi connectivity index (χ1) is 18.0. The molecule has 204 valence electrons. The third kappa shape index (κ3) is 4.85. The summed E-state index contributed by atoms with van der Waals surface area (Å²) in [6.45, 7) is 2.08. The van der Waals surface area contributed by atoms with Crippen molar-refractivity contribution in [2.75, 3.05) is 13.6 Å². The van der Waals surface area contributed by atoms with Gasteiger partial charge >= 0.3 is 5.97 Å². The number of nitrogens with zero attached hydrogens (tertiary/aromatic N) is 2. The molecule has 5 rings (SSSR count). The lowest BCUT2D eigenvalue weighted by Gasteiger charge is -2.49. The maximum Gasteiger partial charge on any atom is 0.307 e. The molecular formula is C28H32Cl2N2O5S. The van der Waals surface area contributed by atoms with Crippen LogP contribution < -0.4 is 0 Å². The molecule has 2 unspecified atom stereocenters. The van der Waals surface area contributed by atoms with Gasteiger partial charge < -0.3 is 10.0 Å². The Bertz CT molecular complexity index is 1350. The molecule has 0 radical (unpaired) electrons. The molecule has 3 fully saturated rings. The van der Waals surface area contributed by atoms with E-state index in [1.807, 2.05) is 37.3 Å². The molecule has 1 heterocycles. The third-order valence-corrected chi connectivity index (χ3v) is 11.3. The highest BCUT2D eigenvalue weighted by molar-refractivity contribution is 7.90. The zero-order chi connectivity index (χ0) is 27.4. The molecule has 3 aliphatic rings. The number of carbonyl (C=O) groups is 2. The number of hydrogen-bond donors (Lipinski definition) is 1. The van der Waals surface area contributed by atoms with Gasteiger partial charge in [0.1, 0.15) is 0 Å². The molecule has 2 saturated carbocycles. The molecule has 1 amide bonds. The van der Waals surface area contributed by atoms with Crippen molar-refractivity contribution in [3.05, 3.63) is 69.7 Å². The molecule has 5 atom stereocenters. The Morgan fingerprint density at radius 3 is 2.34 bits per heavy atom. The summed E-state index contributed by atoms with van der Waals surface area (Å²) in [6.07, 6.45) is 2.46. The number of aliphatic carboxylic acids is 1. The van der Waals surface area contributed by atoms with Crippen LogP contribution in [0.2, 0.25) is 10.0 Å². The van der Waals surface area contributed by atoms with Crippen molar-refractivity contribution in [1.29, 1.82) is 0 Å². The van der Waals surface area contributed by atoms with Crippen LogP contribution in [-0.4, -0.2) is 59.5 Å². The minimum absolute atomic E-state index is 0.140. The highest BCUT2D eigenvalue weighted by atomic mass is 35.5. The quantitative estimate of drug-likeness (QED) is 0.433. The Balaban J connectivity index is 1.63. The molecule has 38 heavy (non-hydrogen) atoms. The van der Waals surface area contributed by atoms with E-state index < -0.39 is 39.4 Å². The molecule has 2 aromatic rings. The van der Waals surface area contributed by atoms with Crippen molar-refractivity contribution in [2.24, 2.45) is 11.3 Å². The van der Waals surface area contributed by atoms with E-state index in [-0.39, 0.29) is 30.0 Å². The predicted octanol–water partition coefficient (Wildman–Crippen LogP) is 5.34. The first-order valence-electron chi connectivity index (χ1n) is 13.0. The monoisotopic (exact) mass is 578 g/mol. The molecular weight excluding hydrogens is 547 g/mol. The van der Waals surface area contributed by atoms with E-state index >= 15 is 0 Å². The minimum Gasteiger partial charge on any atom is -0.481 e. The number of halogens is 2. The van der Waals surface area contributed by atoms with Crippen molar-refractivity contribution in [3.8, 4) is 0 Å². The Kier molecular flexibility index (Phi) is 7.31. The maximum absolute atomic E-state index is 14.3. The zero-order valence-corrected chi connectivity index (χ0v) is 23.7. The Morgan fingerprint density at radius 2 is 1.79 bits per heavy atom. The molecule has 1 saturated heterocycles. The topological polar surface area (TPSA) is 95.0 Å². The molecule has 1 spiro atoms. The van der Waals surface area contributed by atoms with E-state index in [9.17, 15) is 23.1 Å². The largest absolute Gasteiger partial charge is 0.481 e. The van der Waals surface area contributed by atoms with Crippen LogP contribution in [0.25, 0.3) is 0 Å². The van der Waals surface area contributed by atoms with Crippen molar-refractivity contribution in [3.63, 3.8) is 0 Å². The van der Waals surface area contributed by atoms with E-state index in [0.717, 1.165) is 11.1 Å². The van der Waals surface area contributed by atoms with Crippen LogP contribution in [0, 0.1) is 11.3 Å². The fourth-order valence-corrected chi connectivity index (χ4v) is 8.12. The van der Waals surface area contributed by atoms with Crippen molar-refractivity contribution in [1.82, 2.24) is 9.21 Å². The van der Waals surface area contributed by atoms with Gasteiger partial charge in [-0.2, -0.15) is 0 Å². The summed E-state index contributed by atoms with van der Waals surface area (Å²) in [5.41, 5.74) is 0.753. The van der Waals surface area contributed by atoms with Gasteiger partial charge in [0.15, 0.2) is 0 Å². The Labute approximate surface area is 233 Å². The summed E-state index contributed by atoms with van der Waals surface area (Å²) < 4.78 is 27.4. The summed E-state index contributed by atoms with van der Waals surface area (Å²) in [4.78, 5) is 28.2. The number of amides is 1. The van der Waals surface area contributed by atoms with Crippen LogP contribution in [0.15, 0.2) is 48.5 Å². The number of likely N-dealkylation sites (tertiary alicyclic amines) is 1. The summed E-state index contributed by atoms with van der Waals surface area (Å²) in [6, 6.07) is 13.9. The van der Waals surface area contributed by atoms with Gasteiger partial charge in [-0.15, -0.1) is 0 Å². The average Bonchev–Trinajstić information content (AvgIpc) is 3.80. The highest BCUT2D eigenvalue weighted by Gasteiger charge is 2.69. The fraction of sp³-hybridized carbons (Fsp3) is 0.500. The summed E-state index contributed by atoms with van der Waals surface area (Å²) >= 11 is 12.6. The standard InChI is InChI=1S/C28H32Cl2N2O5S/c1-3-21(16-31(2)38(36,37)22-11-12-22)32-25(17-7-9-19(29)10-8-17)23(18-5-4-6-20(30)13-18)14-28(27(32)35)15-24(28)26(33)34/h4-10,13,21-25H,3,11-12,14-16H2,1-2H3,(H,33,34)/t21?,23-,24-,25?,28+/m1/s1. The second-order valence-corrected chi connectivity index (χ2v) is 14.1. The van der Waals surface area contributed by atoms with E-state index in [1.54, 1.807) is 30.1 Å². The number of rotatable bonds is 9. The number of carboxylic acid groups (broad SMARTS) is 1. The van der Waals surface area contributed by atoms with Gasteiger partial charge in [0.2, 0.25) is 15.9 Å². The number of carbonyl (C=O) groups excluding carboxylic acids is 1. The average molecular weight is 580 g/mol. The zero-order valence-electron chi connectivity index (χ0n) is 21.4. The van der Waals surface area contributed by atoms with Crippen molar-refractivity contribution < 1.29 is 23.1 Å². The van der Waals surface area contributed by atoms with Gasteiger partial charge in [0, 0.05) is 35.6 Å². The second kappa shape index (κ2) is 10.1. The number of benzene rings is 2. The second-order valence-electron chi connectivity index (χ2n) is 10.9. The molecule has 10 heteroatoms. The highest BCUT2D eigenvalue weighted by Crippen LogP contribution is 2.65. The number of sulfonamides is 1. The molecule has 0 aromatic heterocycles. The summed E-state index contributed by atoms with van der Waals surface area (Å²) in [5.74, 6) is -2.20. The van der Waals surface area contributed by atoms with Crippen LogP contribution >= 0.6 is 23.2 Å². The fourth-order valence-electron chi connectivity index (χ4n) is 6.18. The van der Waals surface area contributed by atoms with Gasteiger partial charge in [0.05, 0.1) is 22.6 Å². The molecule has 7 nitrogen and oxygen atoms in total. The molecule has 0 bridgehead atoms. The van der Waals surface area contributed by atoms with Crippen LogP contribution in [0.1, 0.15) is 62.1 Å². The smallest absolute Gasteiger partial charge is 0.307 e. The van der Waals surface area contributed by atoms with E-state index in [0.29, 0.717) is 35.7 Å². The normalized spacial score (nSPS) is 28.1. The lowest BCUT2D eigenvalue weighted by molar-refractivity contribution is -0.154. The Morgan fingerprint density at radius 1 is 1.11 bits per heavy atom. The number of likely N-dealkylation sites (N-methyl/N-ethyl adjacent to an activating group) is 1. The summed E-state index contributed by atoms with van der Waals surface area (Å²) in [7, 11) is -1.88. The predicted molar refractivity (Wildman–Crippen MR) is 147 cm³/mol. The van der Waals surface area contributed by atoms with Gasteiger partial charge in [-0.05, 0) is 67.5 Å². The molecule has 1 N–H and O–H groups in total. The van der Waals surface area contributed by atoms with Crippen molar-refractivity contribution in [2.45, 2.75) is 62.3 Å². The number of hydrogen-bond acceptors (Lipinski definition) is 4. The van der Waals surface area contributed by atoms with Crippen LogP contribution in [0.5, 0.6) is 0 Å². The lowest BCUT2D eigenvalue weighted by atomic mass is 9.72. The Hall–Kier alpha value is -2.13. The van der Waals surface area contributed by atoms with Gasteiger partial charge in [-0.1, -0.05) is 54.4 Å². The first kappa shape index (κ1) is 27.4. The van der Waals surface area contributed by atoms with Gasteiger partial charge in [0.25, 0.3) is 0 Å². The number of piperidine rings is 1. The summed E-state index contributed by atoms with van der Waals surface area (Å²) in [5, 5.41) is 10.7. The van der Waals surface area contributed by atoms with E-state index in [4.69, 9.17) is 23.2 Å². The van der Waals surface area contributed by atoms with Gasteiger partial charge in [-0.25, -0.2) is 12.7 Å². The minimum atomic E-state index is -3.46. The van der Waals surface area contributed by atoms with E-state index in [1.165, 1.54) is 4.31 Å². The van der Waals surface area contributed by atoms with Crippen LogP contribution in [0.4, 0.5) is 0 Å². The first-order valence-corrected chi connectivity index (χ1v) is 15.3. The SMILES string of the molecule is CCC(CN(C)S(=O)(=O)C1CC1)N1C(=O)[C@@]2(C[C@H](c3cccc(Cl)c3)C1c1ccc(Cl)cc1)C[C@@H]2C(=O)O.